The quantitative estimate of drug-likeness (QED) is 0.821. The molecular weight excluding hydrogens is 236 g/mol. The number of halogens is 2. The molecule has 0 aliphatic rings. The normalized spacial score (nSPS) is 14.6. The molecule has 0 aromatic heterocycles. The Morgan fingerprint density at radius 1 is 1.28 bits per heavy atom. The number of hydrogen-bond acceptors (Lipinski definition) is 2. The summed E-state index contributed by atoms with van der Waals surface area (Å²) in [5.74, 6) is -0.859. The number of hydrogen-bond donors (Lipinski definition) is 2. The molecule has 18 heavy (non-hydrogen) atoms. The van der Waals surface area contributed by atoms with Gasteiger partial charge in [0.15, 0.2) is 0 Å². The van der Waals surface area contributed by atoms with Gasteiger partial charge in [0.1, 0.15) is 11.6 Å². The van der Waals surface area contributed by atoms with Crippen molar-refractivity contribution in [3.63, 3.8) is 0 Å². The van der Waals surface area contributed by atoms with Crippen molar-refractivity contribution in [2.45, 2.75) is 39.2 Å². The van der Waals surface area contributed by atoms with Crippen molar-refractivity contribution in [3.8, 4) is 0 Å². The highest BCUT2D eigenvalue weighted by Crippen LogP contribution is 2.28. The molecule has 0 saturated carbocycles. The van der Waals surface area contributed by atoms with Crippen molar-refractivity contribution >= 4 is 0 Å². The molecule has 1 aromatic carbocycles. The zero-order valence-electron chi connectivity index (χ0n) is 11.2. The summed E-state index contributed by atoms with van der Waals surface area (Å²) in [6, 6.07) is 2.43. The van der Waals surface area contributed by atoms with Crippen LogP contribution in [0.4, 0.5) is 8.78 Å². The van der Waals surface area contributed by atoms with Gasteiger partial charge in [-0.2, -0.15) is 0 Å². The number of benzene rings is 1. The highest BCUT2D eigenvalue weighted by Gasteiger charge is 2.29. The standard InChI is InChI=1S/C14H21F2NO/c1-4-6-17-14(3,5-7-18)11-9-12(15)10(2)8-13(11)16/h8-9,17-18H,4-7H2,1-3H3. The third-order valence-electron chi connectivity index (χ3n) is 3.22. The Morgan fingerprint density at radius 3 is 2.50 bits per heavy atom. The molecule has 1 unspecified atom stereocenters. The first kappa shape index (κ1) is 15.1. The lowest BCUT2D eigenvalue weighted by molar-refractivity contribution is 0.217. The lowest BCUT2D eigenvalue weighted by Gasteiger charge is -2.31. The molecule has 0 heterocycles. The van der Waals surface area contributed by atoms with E-state index in [-0.39, 0.29) is 17.7 Å². The van der Waals surface area contributed by atoms with Crippen molar-refractivity contribution in [2.75, 3.05) is 13.2 Å². The third-order valence-corrected chi connectivity index (χ3v) is 3.22. The molecule has 102 valence electrons. The Bertz CT molecular complexity index is 409. The van der Waals surface area contributed by atoms with Crippen LogP contribution in [0, 0.1) is 18.6 Å². The predicted octanol–water partition coefficient (Wildman–Crippen LogP) is 2.87. The molecule has 2 nitrogen and oxygen atoms in total. The summed E-state index contributed by atoms with van der Waals surface area (Å²) in [6.45, 7) is 5.92. The minimum absolute atomic E-state index is 0.0812. The first-order chi connectivity index (χ1) is 8.44. The van der Waals surface area contributed by atoms with Gasteiger partial charge in [0, 0.05) is 17.7 Å². The molecule has 0 aliphatic carbocycles. The Morgan fingerprint density at radius 2 is 1.94 bits per heavy atom. The molecule has 0 aliphatic heterocycles. The molecule has 1 rings (SSSR count). The number of aliphatic hydroxyl groups excluding tert-OH is 1. The number of nitrogens with one attached hydrogen (secondary N) is 1. The fourth-order valence-electron chi connectivity index (χ4n) is 2.01. The van der Waals surface area contributed by atoms with Gasteiger partial charge in [0.2, 0.25) is 0 Å². The van der Waals surface area contributed by atoms with Gasteiger partial charge in [-0.3, -0.25) is 0 Å². The summed E-state index contributed by atoms with van der Waals surface area (Å²) in [5.41, 5.74) is -0.185. The molecule has 0 fully saturated rings. The van der Waals surface area contributed by atoms with Crippen LogP contribution in [-0.2, 0) is 5.54 Å². The van der Waals surface area contributed by atoms with Crippen LogP contribution in [0.5, 0.6) is 0 Å². The van der Waals surface area contributed by atoms with E-state index >= 15 is 0 Å². The second-order valence-corrected chi connectivity index (χ2v) is 4.81. The van der Waals surface area contributed by atoms with E-state index in [9.17, 15) is 8.78 Å². The maximum Gasteiger partial charge on any atom is 0.128 e. The molecule has 0 saturated heterocycles. The Balaban J connectivity index is 3.16. The average molecular weight is 257 g/mol. The van der Waals surface area contributed by atoms with Gasteiger partial charge >= 0.3 is 0 Å². The Kier molecular flexibility index (Phi) is 5.23. The maximum atomic E-state index is 14.0. The minimum atomic E-state index is -0.747. The Hall–Kier alpha value is -1.00. The van der Waals surface area contributed by atoms with Gasteiger partial charge in [-0.1, -0.05) is 6.92 Å². The monoisotopic (exact) mass is 257 g/mol. The van der Waals surface area contributed by atoms with Crippen molar-refractivity contribution < 1.29 is 13.9 Å². The van der Waals surface area contributed by atoms with Crippen LogP contribution in [0.1, 0.15) is 37.8 Å². The third kappa shape index (κ3) is 3.27. The van der Waals surface area contributed by atoms with Gasteiger partial charge < -0.3 is 10.4 Å². The van der Waals surface area contributed by atoms with Crippen molar-refractivity contribution in [3.05, 3.63) is 34.9 Å². The van der Waals surface area contributed by atoms with Crippen molar-refractivity contribution in [1.82, 2.24) is 5.32 Å². The van der Waals surface area contributed by atoms with E-state index in [4.69, 9.17) is 5.11 Å². The van der Waals surface area contributed by atoms with Crippen LogP contribution in [0.3, 0.4) is 0 Å². The first-order valence-electron chi connectivity index (χ1n) is 6.26. The number of aliphatic hydroxyl groups is 1. The van der Waals surface area contributed by atoms with Crippen molar-refractivity contribution in [1.29, 1.82) is 0 Å². The summed E-state index contributed by atoms with van der Waals surface area (Å²) >= 11 is 0. The van der Waals surface area contributed by atoms with E-state index in [1.54, 1.807) is 6.92 Å². The summed E-state index contributed by atoms with van der Waals surface area (Å²) in [5, 5.41) is 12.3. The molecule has 0 spiro atoms. The van der Waals surface area contributed by atoms with Gasteiger partial charge in [0.25, 0.3) is 0 Å². The molecule has 0 amide bonds. The summed E-state index contributed by atoms with van der Waals surface area (Å²) in [7, 11) is 0. The molecule has 1 aromatic rings. The SMILES string of the molecule is CCCNC(C)(CCO)c1cc(F)c(C)cc1F. The van der Waals surface area contributed by atoms with E-state index in [0.717, 1.165) is 6.42 Å². The largest absolute Gasteiger partial charge is 0.396 e. The fraction of sp³-hybridized carbons (Fsp3) is 0.571. The van der Waals surface area contributed by atoms with Gasteiger partial charge in [0.05, 0.1) is 0 Å². The van der Waals surface area contributed by atoms with E-state index in [1.165, 1.54) is 19.1 Å². The van der Waals surface area contributed by atoms with Crippen LogP contribution < -0.4 is 5.32 Å². The summed E-state index contributed by atoms with van der Waals surface area (Å²) in [4.78, 5) is 0. The molecule has 0 radical (unpaired) electrons. The van der Waals surface area contributed by atoms with E-state index in [1.807, 2.05) is 6.92 Å². The molecule has 1 atom stereocenters. The fourth-order valence-corrected chi connectivity index (χ4v) is 2.01. The summed E-state index contributed by atoms with van der Waals surface area (Å²) in [6.07, 6.45) is 1.23. The van der Waals surface area contributed by atoms with Crippen LogP contribution in [0.25, 0.3) is 0 Å². The second-order valence-electron chi connectivity index (χ2n) is 4.81. The lowest BCUT2D eigenvalue weighted by Crippen LogP contribution is -2.41. The molecule has 2 N–H and O–H groups in total. The second kappa shape index (κ2) is 6.25. The van der Waals surface area contributed by atoms with Crippen LogP contribution in [0.2, 0.25) is 0 Å². The van der Waals surface area contributed by atoms with E-state index in [2.05, 4.69) is 5.32 Å². The first-order valence-corrected chi connectivity index (χ1v) is 6.26. The van der Waals surface area contributed by atoms with Gasteiger partial charge in [-0.15, -0.1) is 0 Å². The maximum absolute atomic E-state index is 14.0. The van der Waals surface area contributed by atoms with Crippen LogP contribution in [-0.4, -0.2) is 18.3 Å². The number of rotatable bonds is 6. The van der Waals surface area contributed by atoms with E-state index < -0.39 is 17.2 Å². The van der Waals surface area contributed by atoms with Crippen LogP contribution >= 0.6 is 0 Å². The van der Waals surface area contributed by atoms with Crippen LogP contribution in [0.15, 0.2) is 12.1 Å². The van der Waals surface area contributed by atoms with Gasteiger partial charge in [-0.05, 0) is 50.9 Å². The smallest absolute Gasteiger partial charge is 0.128 e. The average Bonchev–Trinajstić information content (AvgIpc) is 2.31. The minimum Gasteiger partial charge on any atom is -0.396 e. The lowest BCUT2D eigenvalue weighted by atomic mass is 9.87. The highest BCUT2D eigenvalue weighted by atomic mass is 19.1. The predicted molar refractivity (Wildman–Crippen MR) is 68.4 cm³/mol. The Labute approximate surface area is 107 Å². The molecule has 4 heteroatoms. The van der Waals surface area contributed by atoms with Gasteiger partial charge in [-0.25, -0.2) is 8.78 Å². The van der Waals surface area contributed by atoms with Crippen molar-refractivity contribution in [2.24, 2.45) is 0 Å². The number of aryl methyl sites for hydroxylation is 1. The highest BCUT2D eigenvalue weighted by molar-refractivity contribution is 5.30. The zero-order chi connectivity index (χ0) is 13.8. The molecule has 0 bridgehead atoms. The topological polar surface area (TPSA) is 32.3 Å². The zero-order valence-corrected chi connectivity index (χ0v) is 11.2. The molecular formula is C14H21F2NO. The van der Waals surface area contributed by atoms with E-state index in [0.29, 0.717) is 13.0 Å². The summed E-state index contributed by atoms with van der Waals surface area (Å²) < 4.78 is 27.6.